The van der Waals surface area contributed by atoms with Gasteiger partial charge in [-0.1, -0.05) is 0 Å². The summed E-state index contributed by atoms with van der Waals surface area (Å²) < 4.78 is 0. The van der Waals surface area contributed by atoms with E-state index in [1.54, 1.807) is 11.3 Å². The van der Waals surface area contributed by atoms with Crippen molar-refractivity contribution in [1.29, 1.82) is 0 Å². The molecule has 2 aliphatic heterocycles. The molecule has 74 valence electrons. The summed E-state index contributed by atoms with van der Waals surface area (Å²) in [4.78, 5) is 13.9. The lowest BCUT2D eigenvalue weighted by atomic mass is 10.0. The van der Waals surface area contributed by atoms with Crippen LogP contribution >= 0.6 is 11.3 Å². The maximum Gasteiger partial charge on any atom is 0.231 e. The summed E-state index contributed by atoms with van der Waals surface area (Å²) in [7, 11) is 0. The number of thiophene rings is 1. The van der Waals surface area contributed by atoms with E-state index in [4.69, 9.17) is 0 Å². The van der Waals surface area contributed by atoms with Crippen molar-refractivity contribution in [2.75, 3.05) is 24.5 Å². The van der Waals surface area contributed by atoms with Crippen LogP contribution in [0.1, 0.15) is 0 Å². The Labute approximate surface area is 86.7 Å². The summed E-state index contributed by atoms with van der Waals surface area (Å²) in [5.74, 6) is 1.07. The number of rotatable bonds is 1. The van der Waals surface area contributed by atoms with Crippen molar-refractivity contribution in [3.8, 4) is 0 Å². The molecule has 0 saturated carbocycles. The molecule has 0 aromatic carbocycles. The topological polar surface area (TPSA) is 32.3 Å². The van der Waals surface area contributed by atoms with Crippen molar-refractivity contribution in [2.45, 2.75) is 0 Å². The average molecular weight is 208 g/mol. The quantitative estimate of drug-likeness (QED) is 0.744. The van der Waals surface area contributed by atoms with E-state index in [1.807, 2.05) is 21.7 Å². The number of nitrogens with zero attached hydrogens (tertiary/aromatic N) is 1. The highest BCUT2D eigenvalue weighted by Crippen LogP contribution is 2.32. The van der Waals surface area contributed by atoms with Gasteiger partial charge in [0.1, 0.15) is 0 Å². The normalized spacial score (nSPS) is 31.1. The predicted molar refractivity (Wildman–Crippen MR) is 56.5 cm³/mol. The van der Waals surface area contributed by atoms with Gasteiger partial charge in [0, 0.05) is 30.9 Å². The minimum absolute atomic E-state index is 0.231. The maximum absolute atomic E-state index is 12.0. The first kappa shape index (κ1) is 8.44. The van der Waals surface area contributed by atoms with Gasteiger partial charge in [-0.2, -0.15) is 11.3 Å². The molecule has 0 radical (unpaired) electrons. The molecule has 1 aromatic heterocycles. The lowest BCUT2D eigenvalue weighted by molar-refractivity contribution is -0.120. The van der Waals surface area contributed by atoms with Gasteiger partial charge < -0.3 is 10.2 Å². The number of carbonyl (C=O) groups excluding carboxylic acids is 1. The van der Waals surface area contributed by atoms with Crippen LogP contribution in [0.25, 0.3) is 0 Å². The van der Waals surface area contributed by atoms with Crippen molar-refractivity contribution < 1.29 is 4.79 Å². The molecule has 3 rings (SSSR count). The number of carbonyl (C=O) groups is 1. The third-order valence-corrected chi connectivity index (χ3v) is 3.83. The Hall–Kier alpha value is -0.870. The molecule has 1 N–H and O–H groups in total. The SMILES string of the molecule is O=C1[C@H]2CNC[C@H]2CN1c1ccsc1. The molecule has 2 saturated heterocycles. The van der Waals surface area contributed by atoms with E-state index in [9.17, 15) is 4.79 Å². The first-order valence-electron chi connectivity index (χ1n) is 4.90. The summed E-state index contributed by atoms with van der Waals surface area (Å²) in [6.07, 6.45) is 0. The van der Waals surface area contributed by atoms with Crippen LogP contribution in [0.4, 0.5) is 5.69 Å². The number of anilines is 1. The van der Waals surface area contributed by atoms with Gasteiger partial charge in [0.05, 0.1) is 11.6 Å². The molecule has 0 unspecified atom stereocenters. The molecular formula is C10H12N2OS. The smallest absolute Gasteiger partial charge is 0.231 e. The van der Waals surface area contributed by atoms with Crippen LogP contribution in [0.15, 0.2) is 16.8 Å². The van der Waals surface area contributed by atoms with Crippen LogP contribution in [0.2, 0.25) is 0 Å². The largest absolute Gasteiger partial charge is 0.316 e. The van der Waals surface area contributed by atoms with Crippen molar-refractivity contribution in [2.24, 2.45) is 11.8 Å². The van der Waals surface area contributed by atoms with Gasteiger partial charge in [-0.15, -0.1) is 0 Å². The highest BCUT2D eigenvalue weighted by Gasteiger charge is 2.43. The zero-order valence-corrected chi connectivity index (χ0v) is 8.59. The highest BCUT2D eigenvalue weighted by atomic mass is 32.1. The Morgan fingerprint density at radius 1 is 1.50 bits per heavy atom. The second-order valence-electron chi connectivity index (χ2n) is 3.96. The van der Waals surface area contributed by atoms with E-state index < -0.39 is 0 Å². The Balaban J connectivity index is 1.88. The van der Waals surface area contributed by atoms with Gasteiger partial charge in [0.15, 0.2) is 0 Å². The first-order valence-corrected chi connectivity index (χ1v) is 5.85. The molecule has 3 nitrogen and oxygen atoms in total. The Bertz CT molecular complexity index is 349. The van der Waals surface area contributed by atoms with E-state index in [2.05, 4.69) is 5.32 Å². The summed E-state index contributed by atoms with van der Waals surface area (Å²) >= 11 is 1.65. The maximum atomic E-state index is 12.0. The van der Waals surface area contributed by atoms with Gasteiger partial charge in [0.2, 0.25) is 5.91 Å². The van der Waals surface area contributed by atoms with E-state index in [1.165, 1.54) is 0 Å². The third-order valence-electron chi connectivity index (χ3n) is 3.16. The number of hydrogen-bond acceptors (Lipinski definition) is 3. The summed E-state index contributed by atoms with van der Waals surface area (Å²) in [5, 5.41) is 7.35. The van der Waals surface area contributed by atoms with E-state index in [-0.39, 0.29) is 5.92 Å². The second-order valence-corrected chi connectivity index (χ2v) is 4.74. The molecule has 4 heteroatoms. The van der Waals surface area contributed by atoms with Crippen LogP contribution in [-0.2, 0) is 4.79 Å². The molecule has 2 fully saturated rings. The lowest BCUT2D eigenvalue weighted by Crippen LogP contribution is -2.30. The highest BCUT2D eigenvalue weighted by molar-refractivity contribution is 7.08. The van der Waals surface area contributed by atoms with E-state index >= 15 is 0 Å². The minimum atomic E-state index is 0.231. The fourth-order valence-corrected chi connectivity index (χ4v) is 3.02. The van der Waals surface area contributed by atoms with Crippen LogP contribution in [0, 0.1) is 11.8 Å². The number of nitrogens with one attached hydrogen (secondary N) is 1. The molecule has 1 aromatic rings. The van der Waals surface area contributed by atoms with Crippen molar-refractivity contribution in [3.05, 3.63) is 16.8 Å². The molecule has 2 atom stereocenters. The van der Waals surface area contributed by atoms with Gasteiger partial charge >= 0.3 is 0 Å². The standard InChI is InChI=1S/C10H12N2OS/c13-10-9-4-11-3-7(9)5-12(10)8-1-2-14-6-8/h1-2,6-7,9,11H,3-5H2/t7-,9-/m0/s1. The summed E-state index contributed by atoms with van der Waals surface area (Å²) in [6.45, 7) is 2.76. The van der Waals surface area contributed by atoms with Gasteiger partial charge in [-0.25, -0.2) is 0 Å². The lowest BCUT2D eigenvalue weighted by Gasteiger charge is -2.15. The predicted octanol–water partition coefficient (Wildman–Crippen LogP) is 0.930. The average Bonchev–Trinajstić information content (AvgIpc) is 2.84. The summed E-state index contributed by atoms with van der Waals surface area (Å²) in [5.41, 5.74) is 1.08. The molecule has 14 heavy (non-hydrogen) atoms. The fourth-order valence-electron chi connectivity index (χ4n) is 2.38. The summed E-state index contributed by atoms with van der Waals surface area (Å²) in [6, 6.07) is 2.02. The van der Waals surface area contributed by atoms with Gasteiger partial charge in [0.25, 0.3) is 0 Å². The van der Waals surface area contributed by atoms with Crippen molar-refractivity contribution >= 4 is 22.9 Å². The molecule has 3 heterocycles. The number of hydrogen-bond donors (Lipinski definition) is 1. The molecule has 2 aliphatic rings. The van der Waals surface area contributed by atoms with Crippen LogP contribution in [-0.4, -0.2) is 25.5 Å². The van der Waals surface area contributed by atoms with Gasteiger partial charge in [-0.3, -0.25) is 4.79 Å². The zero-order chi connectivity index (χ0) is 9.54. The first-order chi connectivity index (χ1) is 6.86. The molecule has 1 amide bonds. The Kier molecular flexibility index (Phi) is 1.85. The third kappa shape index (κ3) is 1.11. The molecular weight excluding hydrogens is 196 g/mol. The Morgan fingerprint density at radius 3 is 3.14 bits per heavy atom. The number of fused-ring (bicyclic) bond motifs is 1. The van der Waals surface area contributed by atoms with Crippen LogP contribution < -0.4 is 10.2 Å². The van der Waals surface area contributed by atoms with E-state index in [0.29, 0.717) is 11.8 Å². The van der Waals surface area contributed by atoms with E-state index in [0.717, 1.165) is 25.3 Å². The van der Waals surface area contributed by atoms with Crippen molar-refractivity contribution in [1.82, 2.24) is 5.32 Å². The fraction of sp³-hybridized carbons (Fsp3) is 0.500. The monoisotopic (exact) mass is 208 g/mol. The molecule has 0 aliphatic carbocycles. The van der Waals surface area contributed by atoms with Crippen LogP contribution in [0.5, 0.6) is 0 Å². The second kappa shape index (κ2) is 3.07. The van der Waals surface area contributed by atoms with Crippen LogP contribution in [0.3, 0.4) is 0 Å². The Morgan fingerprint density at radius 2 is 2.43 bits per heavy atom. The number of amides is 1. The molecule has 0 bridgehead atoms. The zero-order valence-electron chi connectivity index (χ0n) is 7.77. The minimum Gasteiger partial charge on any atom is -0.316 e. The van der Waals surface area contributed by atoms with Crippen molar-refractivity contribution in [3.63, 3.8) is 0 Å². The van der Waals surface area contributed by atoms with Gasteiger partial charge in [-0.05, 0) is 11.4 Å². The molecule has 0 spiro atoms.